The van der Waals surface area contributed by atoms with Gasteiger partial charge < -0.3 is 21.1 Å². The minimum absolute atomic E-state index is 0. The molecular formula is C18H23Cl2N3O. The number of anilines is 1. The molecule has 130 valence electrons. The Morgan fingerprint density at radius 3 is 2.29 bits per heavy atom. The fourth-order valence-electron chi connectivity index (χ4n) is 2.38. The summed E-state index contributed by atoms with van der Waals surface area (Å²) in [5.41, 5.74) is 10.5. The highest BCUT2D eigenvalue weighted by Crippen LogP contribution is 2.31. The van der Waals surface area contributed by atoms with Crippen LogP contribution in [0, 0.1) is 6.92 Å². The molecule has 2 aromatic rings. The Morgan fingerprint density at radius 1 is 0.958 bits per heavy atom. The number of hydrogen-bond acceptors (Lipinski definition) is 4. The molecular weight excluding hydrogens is 345 g/mol. The summed E-state index contributed by atoms with van der Waals surface area (Å²) in [5, 5.41) is 6.62. The van der Waals surface area contributed by atoms with E-state index in [9.17, 15) is 0 Å². The zero-order valence-corrected chi connectivity index (χ0v) is 15.4. The highest BCUT2D eigenvalue weighted by molar-refractivity contribution is 5.85. The molecule has 1 aliphatic rings. The molecule has 24 heavy (non-hydrogen) atoms. The lowest BCUT2D eigenvalue weighted by Gasteiger charge is -2.21. The molecule has 0 spiro atoms. The van der Waals surface area contributed by atoms with Crippen molar-refractivity contribution in [3.8, 4) is 5.75 Å². The Bertz CT molecular complexity index is 715. The Hall–Kier alpha value is -1.88. The Balaban J connectivity index is 0.00000144. The maximum Gasteiger partial charge on any atom is 0.150 e. The van der Waals surface area contributed by atoms with E-state index in [1.807, 2.05) is 13.0 Å². The normalized spacial score (nSPS) is 12.2. The quantitative estimate of drug-likeness (QED) is 0.761. The Kier molecular flexibility index (Phi) is 7.42. The van der Waals surface area contributed by atoms with Crippen LogP contribution in [0.5, 0.6) is 5.75 Å². The minimum atomic E-state index is 0. The van der Waals surface area contributed by atoms with Crippen molar-refractivity contribution in [2.24, 2.45) is 5.73 Å². The monoisotopic (exact) mass is 367 g/mol. The molecule has 0 atom stereocenters. The van der Waals surface area contributed by atoms with Crippen molar-refractivity contribution in [2.45, 2.75) is 26.9 Å². The van der Waals surface area contributed by atoms with Gasteiger partial charge in [0.1, 0.15) is 11.6 Å². The van der Waals surface area contributed by atoms with Crippen LogP contribution in [0.25, 0.3) is 0 Å². The molecule has 0 saturated carbocycles. The van der Waals surface area contributed by atoms with Crippen molar-refractivity contribution in [1.82, 2.24) is 5.32 Å². The number of hydrogen-bond donors (Lipinski definition) is 3. The predicted molar refractivity (Wildman–Crippen MR) is 104 cm³/mol. The summed E-state index contributed by atoms with van der Waals surface area (Å²) in [5.74, 6) is 2.09. The van der Waals surface area contributed by atoms with Gasteiger partial charge in [0.2, 0.25) is 0 Å². The molecule has 1 heterocycles. The third-order valence-electron chi connectivity index (χ3n) is 3.73. The number of aryl methyl sites for hydroxylation is 1. The van der Waals surface area contributed by atoms with Gasteiger partial charge in [-0.05, 0) is 37.1 Å². The van der Waals surface area contributed by atoms with Crippen LogP contribution in [-0.2, 0) is 13.1 Å². The van der Waals surface area contributed by atoms with Crippen LogP contribution in [0.1, 0.15) is 23.6 Å². The topological polar surface area (TPSA) is 59.3 Å². The van der Waals surface area contributed by atoms with Crippen molar-refractivity contribution in [2.75, 3.05) is 5.32 Å². The van der Waals surface area contributed by atoms with Crippen molar-refractivity contribution >= 4 is 30.5 Å². The summed E-state index contributed by atoms with van der Waals surface area (Å²) in [6.07, 6.45) is 0. The molecule has 0 unspecified atom stereocenters. The van der Waals surface area contributed by atoms with Crippen LogP contribution in [0.3, 0.4) is 0 Å². The number of ether oxygens (including phenoxy) is 1. The third kappa shape index (κ3) is 4.81. The lowest BCUT2D eigenvalue weighted by atomic mass is 10.1. The number of allylic oxidation sites excluding steroid dienone is 1. The average molecular weight is 368 g/mol. The summed E-state index contributed by atoms with van der Waals surface area (Å²) in [6, 6.07) is 14.7. The molecule has 0 fully saturated rings. The first kappa shape index (κ1) is 20.2. The van der Waals surface area contributed by atoms with Crippen LogP contribution in [0.4, 0.5) is 5.69 Å². The third-order valence-corrected chi connectivity index (χ3v) is 3.73. The van der Waals surface area contributed by atoms with E-state index in [1.54, 1.807) is 0 Å². The number of halogens is 2. The van der Waals surface area contributed by atoms with Gasteiger partial charge in [-0.25, -0.2) is 0 Å². The molecule has 2 aromatic carbocycles. The zero-order chi connectivity index (χ0) is 15.5. The maximum atomic E-state index is 5.86. The SMILES string of the molecule is CC1=C(N)Nc2cc(CNCc3ccc(C)cc3)ccc2O1.Cl.Cl. The molecule has 6 heteroatoms. The van der Waals surface area contributed by atoms with E-state index < -0.39 is 0 Å². The van der Waals surface area contributed by atoms with E-state index in [4.69, 9.17) is 10.5 Å². The largest absolute Gasteiger partial charge is 0.456 e. The fourth-order valence-corrected chi connectivity index (χ4v) is 2.38. The van der Waals surface area contributed by atoms with Gasteiger partial charge in [-0.15, -0.1) is 24.8 Å². The van der Waals surface area contributed by atoms with Crippen LogP contribution < -0.4 is 21.1 Å². The zero-order valence-electron chi connectivity index (χ0n) is 13.8. The number of rotatable bonds is 4. The molecule has 3 rings (SSSR count). The molecule has 0 aromatic heterocycles. The summed E-state index contributed by atoms with van der Waals surface area (Å²) in [6.45, 7) is 5.59. The predicted octanol–water partition coefficient (Wildman–Crippen LogP) is 4.08. The van der Waals surface area contributed by atoms with Crippen LogP contribution >= 0.6 is 24.8 Å². The van der Waals surface area contributed by atoms with Gasteiger partial charge in [-0.1, -0.05) is 35.9 Å². The number of nitrogens with two attached hydrogens (primary N) is 1. The molecule has 4 N–H and O–H groups in total. The van der Waals surface area contributed by atoms with Gasteiger partial charge in [0.05, 0.1) is 5.69 Å². The lowest BCUT2D eigenvalue weighted by Crippen LogP contribution is -2.19. The molecule has 0 bridgehead atoms. The second-order valence-corrected chi connectivity index (χ2v) is 5.62. The summed E-state index contributed by atoms with van der Waals surface area (Å²) < 4.78 is 5.66. The standard InChI is InChI=1S/C18H21N3O.2ClH/c1-12-3-5-14(6-4-12)10-20-11-15-7-8-17-16(9-15)21-18(19)13(2)22-17;;/h3-9,20-21H,10-11,19H2,1-2H3;2*1H. The minimum Gasteiger partial charge on any atom is -0.456 e. The number of fused-ring (bicyclic) bond motifs is 1. The second kappa shape index (κ2) is 8.83. The highest BCUT2D eigenvalue weighted by Gasteiger charge is 2.14. The van der Waals surface area contributed by atoms with E-state index in [-0.39, 0.29) is 24.8 Å². The summed E-state index contributed by atoms with van der Waals surface area (Å²) >= 11 is 0. The fraction of sp³-hybridized carbons (Fsp3) is 0.222. The first-order valence-corrected chi connectivity index (χ1v) is 7.42. The van der Waals surface area contributed by atoms with Gasteiger partial charge in [-0.3, -0.25) is 0 Å². The number of benzene rings is 2. The van der Waals surface area contributed by atoms with Gasteiger partial charge in [0.25, 0.3) is 0 Å². The summed E-state index contributed by atoms with van der Waals surface area (Å²) in [7, 11) is 0. The molecule has 0 aliphatic carbocycles. The second-order valence-electron chi connectivity index (χ2n) is 5.62. The molecule has 0 radical (unpaired) electrons. The molecule has 0 amide bonds. The first-order valence-electron chi connectivity index (χ1n) is 7.42. The highest BCUT2D eigenvalue weighted by atomic mass is 35.5. The summed E-state index contributed by atoms with van der Waals surface area (Å²) in [4.78, 5) is 0. The van der Waals surface area contributed by atoms with E-state index >= 15 is 0 Å². The Morgan fingerprint density at radius 2 is 1.58 bits per heavy atom. The number of nitrogens with one attached hydrogen (secondary N) is 2. The van der Waals surface area contributed by atoms with Crippen molar-refractivity contribution < 1.29 is 4.74 Å². The van der Waals surface area contributed by atoms with Gasteiger partial charge >= 0.3 is 0 Å². The van der Waals surface area contributed by atoms with Crippen molar-refractivity contribution in [3.05, 3.63) is 70.7 Å². The van der Waals surface area contributed by atoms with Crippen molar-refractivity contribution in [3.63, 3.8) is 0 Å². The van der Waals surface area contributed by atoms with Crippen LogP contribution in [-0.4, -0.2) is 0 Å². The van der Waals surface area contributed by atoms with E-state index in [0.717, 1.165) is 24.5 Å². The van der Waals surface area contributed by atoms with E-state index in [1.165, 1.54) is 16.7 Å². The van der Waals surface area contributed by atoms with E-state index in [0.29, 0.717) is 11.6 Å². The molecule has 0 saturated heterocycles. The molecule has 1 aliphatic heterocycles. The maximum absolute atomic E-state index is 5.86. The van der Waals surface area contributed by atoms with E-state index in [2.05, 4.69) is 54.0 Å². The lowest BCUT2D eigenvalue weighted by molar-refractivity contribution is 0.415. The molecule has 4 nitrogen and oxygen atoms in total. The van der Waals surface area contributed by atoms with Gasteiger partial charge in [0, 0.05) is 13.1 Å². The van der Waals surface area contributed by atoms with Crippen LogP contribution in [0.15, 0.2) is 54.0 Å². The van der Waals surface area contributed by atoms with Gasteiger partial charge in [-0.2, -0.15) is 0 Å². The van der Waals surface area contributed by atoms with Gasteiger partial charge in [0.15, 0.2) is 5.75 Å². The Labute approximate surface area is 155 Å². The smallest absolute Gasteiger partial charge is 0.150 e. The first-order chi connectivity index (χ1) is 10.6. The average Bonchev–Trinajstić information content (AvgIpc) is 2.51. The van der Waals surface area contributed by atoms with Crippen LogP contribution in [0.2, 0.25) is 0 Å². The van der Waals surface area contributed by atoms with Crippen molar-refractivity contribution in [1.29, 1.82) is 0 Å².